The molecule has 1 amide bonds. The van der Waals surface area contributed by atoms with E-state index in [1.54, 1.807) is 6.07 Å². The molecule has 1 aromatic carbocycles. The Morgan fingerprint density at radius 3 is 2.62 bits per heavy atom. The Kier molecular flexibility index (Phi) is 5.52. The van der Waals surface area contributed by atoms with Crippen LogP contribution >= 0.6 is 0 Å². The van der Waals surface area contributed by atoms with Crippen LogP contribution in [0.5, 0.6) is 0 Å². The van der Waals surface area contributed by atoms with E-state index in [0.29, 0.717) is 24.5 Å². The van der Waals surface area contributed by atoms with E-state index in [9.17, 15) is 18.0 Å². The standard InChI is InChI=1S/C20H27N3O5S/c1-14-6-2-3-7-16(14)21-19(24)13-23-17-9-8-15(12-18(17)28-20(23)25)29(26,27)22-10-4-5-11-22/h8-9,12,14,16H,2-7,10-11,13H2,1H3,(H,21,24)/t14-,16+/m0/s1. The lowest BCUT2D eigenvalue weighted by Crippen LogP contribution is -2.43. The van der Waals surface area contributed by atoms with E-state index < -0.39 is 15.8 Å². The Hall–Kier alpha value is -2.13. The number of fused-ring (bicyclic) bond motifs is 1. The van der Waals surface area contributed by atoms with E-state index >= 15 is 0 Å². The summed E-state index contributed by atoms with van der Waals surface area (Å²) < 4.78 is 33.4. The lowest BCUT2D eigenvalue weighted by atomic mass is 9.86. The molecule has 2 aliphatic rings. The predicted molar refractivity (Wildman–Crippen MR) is 108 cm³/mol. The van der Waals surface area contributed by atoms with Gasteiger partial charge in [-0.3, -0.25) is 9.36 Å². The monoisotopic (exact) mass is 421 g/mol. The van der Waals surface area contributed by atoms with Crippen molar-refractivity contribution in [3.8, 4) is 0 Å². The van der Waals surface area contributed by atoms with Gasteiger partial charge in [-0.2, -0.15) is 4.31 Å². The van der Waals surface area contributed by atoms with Crippen LogP contribution in [0, 0.1) is 5.92 Å². The molecule has 0 bridgehead atoms. The average Bonchev–Trinajstić information content (AvgIpc) is 3.32. The zero-order chi connectivity index (χ0) is 20.6. The number of aromatic nitrogens is 1. The van der Waals surface area contributed by atoms with Crippen molar-refractivity contribution in [1.29, 1.82) is 0 Å². The normalized spacial score (nSPS) is 23.5. The highest BCUT2D eigenvalue weighted by molar-refractivity contribution is 7.89. The molecule has 0 radical (unpaired) electrons. The molecule has 4 rings (SSSR count). The predicted octanol–water partition coefficient (Wildman–Crippen LogP) is 2.07. The smallest absolute Gasteiger partial charge is 0.408 e. The molecule has 1 N–H and O–H groups in total. The molecule has 2 aromatic rings. The number of rotatable bonds is 5. The molecule has 1 aromatic heterocycles. The van der Waals surface area contributed by atoms with Crippen molar-refractivity contribution in [2.45, 2.75) is 62.9 Å². The summed E-state index contributed by atoms with van der Waals surface area (Å²) in [5.74, 6) is -0.478. The summed E-state index contributed by atoms with van der Waals surface area (Å²) >= 11 is 0. The number of sulfonamides is 1. The molecule has 1 aliphatic carbocycles. The zero-order valence-electron chi connectivity index (χ0n) is 16.6. The number of oxazole rings is 1. The Labute approximate surface area is 169 Å². The molecule has 9 heteroatoms. The molecule has 8 nitrogen and oxygen atoms in total. The first-order valence-corrected chi connectivity index (χ1v) is 11.7. The number of hydrogen-bond acceptors (Lipinski definition) is 5. The van der Waals surface area contributed by atoms with Gasteiger partial charge in [-0.1, -0.05) is 19.8 Å². The number of nitrogens with zero attached hydrogens (tertiary/aromatic N) is 2. The molecule has 1 saturated heterocycles. The van der Waals surface area contributed by atoms with Crippen molar-refractivity contribution >= 4 is 27.0 Å². The second-order valence-corrected chi connectivity index (χ2v) is 10.1. The maximum atomic E-state index is 12.7. The Morgan fingerprint density at radius 1 is 1.17 bits per heavy atom. The minimum Gasteiger partial charge on any atom is -0.408 e. The van der Waals surface area contributed by atoms with Crippen LogP contribution in [0.2, 0.25) is 0 Å². The number of hydrogen-bond donors (Lipinski definition) is 1. The summed E-state index contributed by atoms with van der Waals surface area (Å²) in [4.78, 5) is 24.9. The molecule has 29 heavy (non-hydrogen) atoms. The van der Waals surface area contributed by atoms with Crippen molar-refractivity contribution < 1.29 is 17.6 Å². The Balaban J connectivity index is 1.55. The van der Waals surface area contributed by atoms with Crippen LogP contribution in [0.3, 0.4) is 0 Å². The van der Waals surface area contributed by atoms with Crippen molar-refractivity contribution in [2.24, 2.45) is 5.92 Å². The van der Waals surface area contributed by atoms with Crippen LogP contribution in [-0.2, 0) is 21.4 Å². The van der Waals surface area contributed by atoms with E-state index in [0.717, 1.165) is 32.1 Å². The highest BCUT2D eigenvalue weighted by atomic mass is 32.2. The van der Waals surface area contributed by atoms with Crippen LogP contribution in [0.1, 0.15) is 45.4 Å². The van der Waals surface area contributed by atoms with E-state index in [2.05, 4.69) is 12.2 Å². The van der Waals surface area contributed by atoms with Crippen molar-refractivity contribution in [2.75, 3.05) is 13.1 Å². The highest BCUT2D eigenvalue weighted by Crippen LogP contribution is 2.25. The molecule has 1 aliphatic heterocycles. The summed E-state index contributed by atoms with van der Waals surface area (Å²) in [6.45, 7) is 3.00. The van der Waals surface area contributed by atoms with Gasteiger partial charge in [-0.25, -0.2) is 13.2 Å². The number of carbonyl (C=O) groups is 1. The summed E-state index contributed by atoms with van der Waals surface area (Å²) in [5.41, 5.74) is 0.594. The van der Waals surface area contributed by atoms with Gasteiger partial charge in [0.25, 0.3) is 0 Å². The molecule has 158 valence electrons. The number of amides is 1. The van der Waals surface area contributed by atoms with Crippen LogP contribution < -0.4 is 11.1 Å². The average molecular weight is 422 g/mol. The Bertz CT molecular complexity index is 1070. The third-order valence-electron chi connectivity index (χ3n) is 6.10. The fraction of sp³-hybridized carbons (Fsp3) is 0.600. The van der Waals surface area contributed by atoms with E-state index in [1.807, 2.05) is 0 Å². The van der Waals surface area contributed by atoms with Crippen LogP contribution in [0.15, 0.2) is 32.3 Å². The molecule has 2 atom stereocenters. The number of benzene rings is 1. The van der Waals surface area contributed by atoms with E-state index in [1.165, 1.54) is 27.4 Å². The van der Waals surface area contributed by atoms with E-state index in [4.69, 9.17) is 4.42 Å². The fourth-order valence-corrected chi connectivity index (χ4v) is 5.89. The minimum absolute atomic E-state index is 0.105. The second kappa shape index (κ2) is 7.95. The summed E-state index contributed by atoms with van der Waals surface area (Å²) in [5, 5.41) is 3.03. The van der Waals surface area contributed by atoms with Crippen LogP contribution in [-0.4, -0.2) is 42.3 Å². The highest BCUT2D eigenvalue weighted by Gasteiger charge is 2.28. The van der Waals surface area contributed by atoms with Crippen LogP contribution in [0.4, 0.5) is 0 Å². The van der Waals surface area contributed by atoms with Gasteiger partial charge >= 0.3 is 5.76 Å². The van der Waals surface area contributed by atoms with Gasteiger partial charge in [0.05, 0.1) is 10.4 Å². The first-order chi connectivity index (χ1) is 13.9. The second-order valence-electron chi connectivity index (χ2n) is 8.13. The molecule has 0 spiro atoms. The minimum atomic E-state index is -3.60. The molecular formula is C20H27N3O5S. The van der Waals surface area contributed by atoms with Gasteiger partial charge in [-0.15, -0.1) is 0 Å². The number of carbonyl (C=O) groups excluding carboxylic acids is 1. The van der Waals surface area contributed by atoms with Crippen molar-refractivity contribution in [1.82, 2.24) is 14.2 Å². The number of nitrogens with one attached hydrogen (secondary N) is 1. The third kappa shape index (κ3) is 3.98. The van der Waals surface area contributed by atoms with Gasteiger partial charge < -0.3 is 9.73 Å². The maximum absolute atomic E-state index is 12.7. The SMILES string of the molecule is C[C@H]1CCCC[C@H]1NC(=O)Cn1c(=O)oc2cc(S(=O)(=O)N3CCCC3)ccc21. The molecular weight excluding hydrogens is 394 g/mol. The summed E-state index contributed by atoms with van der Waals surface area (Å²) in [7, 11) is -3.60. The van der Waals surface area contributed by atoms with Gasteiger partial charge in [0.2, 0.25) is 15.9 Å². The quantitative estimate of drug-likeness (QED) is 0.796. The Morgan fingerprint density at radius 2 is 1.90 bits per heavy atom. The maximum Gasteiger partial charge on any atom is 0.420 e. The fourth-order valence-electron chi connectivity index (χ4n) is 4.36. The van der Waals surface area contributed by atoms with Gasteiger partial charge in [0.1, 0.15) is 6.54 Å². The van der Waals surface area contributed by atoms with Crippen molar-refractivity contribution in [3.05, 3.63) is 28.7 Å². The van der Waals surface area contributed by atoms with Gasteiger partial charge in [0, 0.05) is 25.2 Å². The first kappa shape index (κ1) is 20.2. The molecule has 1 saturated carbocycles. The third-order valence-corrected chi connectivity index (χ3v) is 8.00. The van der Waals surface area contributed by atoms with Crippen molar-refractivity contribution in [3.63, 3.8) is 0 Å². The summed E-state index contributed by atoms with van der Waals surface area (Å²) in [6.07, 6.45) is 6.02. The topological polar surface area (TPSA) is 102 Å². The lowest BCUT2D eigenvalue weighted by molar-refractivity contribution is -0.123. The first-order valence-electron chi connectivity index (χ1n) is 10.3. The lowest BCUT2D eigenvalue weighted by Gasteiger charge is -2.29. The molecule has 2 heterocycles. The van der Waals surface area contributed by atoms with Gasteiger partial charge in [0.15, 0.2) is 5.58 Å². The molecule has 2 fully saturated rings. The summed E-state index contributed by atoms with van der Waals surface area (Å²) in [6, 6.07) is 4.52. The van der Waals surface area contributed by atoms with Gasteiger partial charge in [-0.05, 0) is 43.7 Å². The zero-order valence-corrected chi connectivity index (χ0v) is 17.4. The van der Waals surface area contributed by atoms with Crippen LogP contribution in [0.25, 0.3) is 11.1 Å². The van der Waals surface area contributed by atoms with E-state index in [-0.39, 0.29) is 29.0 Å². The molecule has 0 unspecified atom stereocenters. The largest absolute Gasteiger partial charge is 0.420 e.